The van der Waals surface area contributed by atoms with Crippen molar-refractivity contribution in [3.05, 3.63) is 21.7 Å². The molecule has 0 aromatic carbocycles. The Morgan fingerprint density at radius 2 is 2.34 bits per heavy atom. The quantitative estimate of drug-likeness (QED) is 0.264. The third-order valence-electron chi connectivity index (χ3n) is 5.05. The summed E-state index contributed by atoms with van der Waals surface area (Å²) in [6.07, 6.45) is 2.05. The van der Waals surface area contributed by atoms with Crippen molar-refractivity contribution in [2.45, 2.75) is 30.4 Å². The van der Waals surface area contributed by atoms with Gasteiger partial charge < -0.3 is 25.7 Å². The van der Waals surface area contributed by atoms with E-state index in [1.807, 2.05) is 0 Å². The number of nitrogens with zero attached hydrogens (tertiary/aromatic N) is 3. The number of carboxylic acid groups (broad SMARTS) is 1. The number of hydrogen-bond acceptors (Lipinski definition) is 11. The Balaban J connectivity index is 1.46. The normalized spacial score (nSPS) is 25.4. The van der Waals surface area contributed by atoms with Crippen LogP contribution < -0.4 is 11.1 Å². The van der Waals surface area contributed by atoms with Gasteiger partial charge in [0, 0.05) is 28.4 Å². The van der Waals surface area contributed by atoms with E-state index < -0.39 is 29.2 Å². The maximum absolute atomic E-state index is 12.8. The van der Waals surface area contributed by atoms with Crippen LogP contribution in [0.2, 0.25) is 0 Å². The Bertz CT molecular complexity index is 990. The van der Waals surface area contributed by atoms with Crippen LogP contribution in [0, 0.1) is 0 Å². The van der Waals surface area contributed by atoms with Gasteiger partial charge in [0.25, 0.3) is 11.8 Å². The third kappa shape index (κ3) is 4.44. The number of aromatic nitrogens is 1. The number of nitrogen functional groups attached to an aromatic ring is 1. The zero-order chi connectivity index (χ0) is 22.8. The SMILES string of the molecule is CO/N=C(\C(=O)NC1C(=O)N2C(C(=O)O)=C(SCC3CCCO3)CS[C@H]12)c1csc(N)n1. The van der Waals surface area contributed by atoms with Crippen LogP contribution in [-0.4, -0.2) is 81.2 Å². The first-order chi connectivity index (χ1) is 15.4. The molecule has 0 spiro atoms. The lowest BCUT2D eigenvalue weighted by molar-refractivity contribution is -0.150. The number of oxime groups is 1. The monoisotopic (exact) mass is 499 g/mol. The van der Waals surface area contributed by atoms with Gasteiger partial charge in [0.1, 0.15) is 29.9 Å². The van der Waals surface area contributed by atoms with E-state index in [4.69, 9.17) is 15.3 Å². The average molecular weight is 500 g/mol. The van der Waals surface area contributed by atoms with Crippen molar-refractivity contribution in [3.63, 3.8) is 0 Å². The fourth-order valence-corrected chi connectivity index (χ4v) is 6.82. The fourth-order valence-electron chi connectivity index (χ4n) is 3.57. The second-order valence-electron chi connectivity index (χ2n) is 7.08. The highest BCUT2D eigenvalue weighted by molar-refractivity contribution is 8.06. The summed E-state index contributed by atoms with van der Waals surface area (Å²) in [5.74, 6) is -1.23. The molecule has 3 aliphatic heterocycles. The zero-order valence-corrected chi connectivity index (χ0v) is 19.4. The van der Waals surface area contributed by atoms with Crippen LogP contribution >= 0.6 is 34.9 Å². The summed E-state index contributed by atoms with van der Waals surface area (Å²) in [4.78, 5) is 48.2. The number of β-lactam (4-membered cyclic amide) rings is 1. The van der Waals surface area contributed by atoms with Gasteiger partial charge in [-0.15, -0.1) is 34.9 Å². The van der Waals surface area contributed by atoms with Crippen LogP contribution in [-0.2, 0) is 24.0 Å². The van der Waals surface area contributed by atoms with Gasteiger partial charge in [0.05, 0.1) is 6.10 Å². The number of thiazole rings is 1. The number of fused-ring (bicyclic) bond motifs is 1. The van der Waals surface area contributed by atoms with Crippen molar-refractivity contribution in [1.82, 2.24) is 15.2 Å². The van der Waals surface area contributed by atoms with Gasteiger partial charge in [-0.3, -0.25) is 14.5 Å². The van der Waals surface area contributed by atoms with Gasteiger partial charge in [-0.25, -0.2) is 9.78 Å². The van der Waals surface area contributed by atoms with E-state index in [9.17, 15) is 19.5 Å². The van der Waals surface area contributed by atoms with Crippen molar-refractivity contribution >= 4 is 63.5 Å². The maximum atomic E-state index is 12.8. The molecular formula is C18H21N5O6S3. The zero-order valence-electron chi connectivity index (χ0n) is 17.0. The lowest BCUT2D eigenvalue weighted by Crippen LogP contribution is -2.71. The summed E-state index contributed by atoms with van der Waals surface area (Å²) >= 11 is 3.96. The van der Waals surface area contributed by atoms with Crippen LogP contribution in [0.5, 0.6) is 0 Å². The minimum absolute atomic E-state index is 0.0229. The summed E-state index contributed by atoms with van der Waals surface area (Å²) in [6.45, 7) is 0.723. The number of carbonyl (C=O) groups excluding carboxylic acids is 2. The largest absolute Gasteiger partial charge is 0.477 e. The molecule has 3 atom stereocenters. The van der Waals surface area contributed by atoms with Crippen LogP contribution in [0.3, 0.4) is 0 Å². The molecule has 0 aliphatic carbocycles. The molecule has 172 valence electrons. The molecule has 4 N–H and O–H groups in total. The summed E-state index contributed by atoms with van der Waals surface area (Å²) < 4.78 is 5.60. The van der Waals surface area contributed by atoms with E-state index in [0.29, 0.717) is 16.4 Å². The van der Waals surface area contributed by atoms with Crippen molar-refractivity contribution < 1.29 is 29.1 Å². The van der Waals surface area contributed by atoms with Gasteiger partial charge in [-0.2, -0.15) is 0 Å². The van der Waals surface area contributed by atoms with E-state index in [1.54, 1.807) is 5.38 Å². The number of rotatable bonds is 8. The molecule has 2 saturated heterocycles. The number of nitrogens with two attached hydrogens (primary N) is 1. The molecule has 4 rings (SSSR count). The lowest BCUT2D eigenvalue weighted by atomic mass is 10.0. The van der Waals surface area contributed by atoms with E-state index in [-0.39, 0.29) is 28.3 Å². The number of carbonyl (C=O) groups is 3. The predicted octanol–water partition coefficient (Wildman–Crippen LogP) is 0.684. The first kappa shape index (κ1) is 22.9. The highest BCUT2D eigenvalue weighted by Crippen LogP contribution is 2.43. The lowest BCUT2D eigenvalue weighted by Gasteiger charge is -2.49. The minimum Gasteiger partial charge on any atom is -0.477 e. The number of anilines is 1. The highest BCUT2D eigenvalue weighted by Gasteiger charge is 2.54. The minimum atomic E-state index is -1.16. The molecule has 32 heavy (non-hydrogen) atoms. The van der Waals surface area contributed by atoms with E-state index in [0.717, 1.165) is 30.8 Å². The van der Waals surface area contributed by atoms with Gasteiger partial charge in [0.15, 0.2) is 10.8 Å². The second kappa shape index (κ2) is 9.68. The van der Waals surface area contributed by atoms with Crippen LogP contribution in [0.15, 0.2) is 21.1 Å². The van der Waals surface area contributed by atoms with E-state index in [1.165, 1.54) is 35.5 Å². The van der Waals surface area contributed by atoms with E-state index in [2.05, 4.69) is 15.5 Å². The van der Waals surface area contributed by atoms with Gasteiger partial charge in [0.2, 0.25) is 0 Å². The van der Waals surface area contributed by atoms with Gasteiger partial charge >= 0.3 is 5.97 Å². The molecule has 2 fully saturated rings. The number of ether oxygens (including phenoxy) is 1. The molecule has 0 bridgehead atoms. The summed E-state index contributed by atoms with van der Waals surface area (Å²) in [5.41, 5.74) is 5.72. The number of nitrogens with one attached hydrogen (secondary N) is 1. The van der Waals surface area contributed by atoms with Gasteiger partial charge in [-0.1, -0.05) is 5.16 Å². The molecule has 4 heterocycles. The third-order valence-corrected chi connectivity index (χ3v) is 8.41. The Kier molecular flexibility index (Phi) is 6.93. The second-order valence-corrected chi connectivity index (χ2v) is 10.2. The van der Waals surface area contributed by atoms with Crippen molar-refractivity contribution in [1.29, 1.82) is 0 Å². The number of amides is 2. The molecule has 3 aliphatic rings. The number of thioether (sulfide) groups is 2. The fraction of sp³-hybridized carbons (Fsp3) is 0.500. The molecule has 14 heteroatoms. The summed E-state index contributed by atoms with van der Waals surface area (Å²) in [6, 6.07) is -0.885. The van der Waals surface area contributed by atoms with E-state index >= 15 is 0 Å². The van der Waals surface area contributed by atoms with Crippen molar-refractivity contribution in [3.8, 4) is 0 Å². The Morgan fingerprint density at radius 3 is 2.97 bits per heavy atom. The smallest absolute Gasteiger partial charge is 0.353 e. The number of hydrogen-bond donors (Lipinski definition) is 3. The number of aliphatic carboxylic acids is 1. The molecule has 2 unspecified atom stereocenters. The van der Waals surface area contributed by atoms with Gasteiger partial charge in [-0.05, 0) is 12.8 Å². The standard InChI is InChI=1S/C18H21N5O6S3/c1-28-22-11(9-6-32-18(19)20-9)14(24)21-12-15(25)23-13(17(26)27)10(7-31-16(12)23)30-5-8-3-2-4-29-8/h6,8,12,16H,2-5,7H2,1H3,(H2,19,20)(H,21,24)(H,26,27)/b22-11-/t8?,12?,16-/m1/s1. The molecular weight excluding hydrogens is 478 g/mol. The summed E-state index contributed by atoms with van der Waals surface area (Å²) in [7, 11) is 1.29. The number of carboxylic acids is 1. The Hall–Kier alpha value is -2.29. The topological polar surface area (TPSA) is 156 Å². The first-order valence-electron chi connectivity index (χ1n) is 9.69. The first-order valence-corrected chi connectivity index (χ1v) is 12.6. The Morgan fingerprint density at radius 1 is 1.53 bits per heavy atom. The van der Waals surface area contributed by atoms with Crippen molar-refractivity contribution in [2.24, 2.45) is 5.16 Å². The van der Waals surface area contributed by atoms with Crippen LogP contribution in [0.25, 0.3) is 0 Å². The highest BCUT2D eigenvalue weighted by atomic mass is 32.2. The predicted molar refractivity (Wildman–Crippen MR) is 121 cm³/mol. The summed E-state index contributed by atoms with van der Waals surface area (Å²) in [5, 5.41) is 17.4. The van der Waals surface area contributed by atoms with Crippen LogP contribution in [0.1, 0.15) is 18.5 Å². The Labute approximate surface area is 195 Å². The molecule has 1 aromatic rings. The molecule has 0 saturated carbocycles. The van der Waals surface area contributed by atoms with Crippen LogP contribution in [0.4, 0.5) is 5.13 Å². The molecule has 0 radical (unpaired) electrons. The average Bonchev–Trinajstić information content (AvgIpc) is 3.45. The molecule has 11 nitrogen and oxygen atoms in total. The molecule has 2 amide bonds. The molecule has 1 aromatic heterocycles. The maximum Gasteiger partial charge on any atom is 0.353 e. The van der Waals surface area contributed by atoms with Crippen molar-refractivity contribution in [2.75, 3.05) is 31.0 Å².